The van der Waals surface area contributed by atoms with E-state index in [4.69, 9.17) is 9.47 Å². The van der Waals surface area contributed by atoms with Crippen LogP contribution in [0.2, 0.25) is 0 Å². The number of carbonyl (C=O) groups excluding carboxylic acids is 2. The van der Waals surface area contributed by atoms with Crippen LogP contribution in [0.4, 0.5) is 0 Å². The summed E-state index contributed by atoms with van der Waals surface area (Å²) in [7, 11) is 0. The Balaban J connectivity index is 3.13. The molecule has 0 aliphatic rings. The number of ether oxygens (including phenoxy) is 2. The lowest BCUT2D eigenvalue weighted by Crippen LogP contribution is -2.19. The van der Waals surface area contributed by atoms with Crippen molar-refractivity contribution in [1.82, 2.24) is 0 Å². The first-order chi connectivity index (χ1) is 10.7. The van der Waals surface area contributed by atoms with Crippen LogP contribution in [0, 0.1) is 11.8 Å². The van der Waals surface area contributed by atoms with E-state index in [1.54, 1.807) is 0 Å². The lowest BCUT2D eigenvalue weighted by molar-refractivity contribution is 0.0440. The van der Waals surface area contributed by atoms with Crippen molar-refractivity contribution < 1.29 is 29.0 Å². The molecule has 0 aliphatic heterocycles. The molecule has 0 radical (unpaired) electrons. The molecule has 0 aliphatic carbocycles. The summed E-state index contributed by atoms with van der Waals surface area (Å²) in [5, 5.41) is 9.38. The van der Waals surface area contributed by atoms with E-state index in [1.807, 2.05) is 27.7 Å². The summed E-state index contributed by atoms with van der Waals surface area (Å²) < 4.78 is 10.1. The Hall–Kier alpha value is -2.37. The molecule has 1 rings (SSSR count). The molecule has 0 saturated heterocycles. The van der Waals surface area contributed by atoms with E-state index >= 15 is 0 Å². The van der Waals surface area contributed by atoms with Gasteiger partial charge in [-0.2, -0.15) is 0 Å². The van der Waals surface area contributed by atoms with Crippen molar-refractivity contribution in [2.24, 2.45) is 11.8 Å². The smallest absolute Gasteiger partial charge is 0.339 e. The van der Waals surface area contributed by atoms with Gasteiger partial charge in [0.1, 0.15) is 0 Å². The maximum absolute atomic E-state index is 12.1. The standard InChI is InChI=1S/C17H22O6/c1-10(2)8-22-16(20)12-6-5-7-13(14(12)15(18)19)17(21)23-9-11(3)4/h5-7,10-11H,8-9H2,1-4H3,(H,18,19). The van der Waals surface area contributed by atoms with Crippen LogP contribution in [0.25, 0.3) is 0 Å². The third-order valence-electron chi connectivity index (χ3n) is 2.81. The van der Waals surface area contributed by atoms with E-state index in [-0.39, 0.29) is 36.2 Å². The van der Waals surface area contributed by atoms with Crippen LogP contribution in [0.15, 0.2) is 18.2 Å². The number of carbonyl (C=O) groups is 3. The van der Waals surface area contributed by atoms with Gasteiger partial charge in [0.05, 0.1) is 29.9 Å². The average molecular weight is 322 g/mol. The van der Waals surface area contributed by atoms with Crippen molar-refractivity contribution in [3.05, 3.63) is 34.9 Å². The second kappa shape index (κ2) is 8.31. The van der Waals surface area contributed by atoms with E-state index in [0.717, 1.165) is 0 Å². The summed E-state index contributed by atoms with van der Waals surface area (Å²) in [4.78, 5) is 35.7. The Bertz CT molecular complexity index is 546. The third-order valence-corrected chi connectivity index (χ3v) is 2.81. The summed E-state index contributed by atoms with van der Waals surface area (Å²) in [5.74, 6) is -2.68. The van der Waals surface area contributed by atoms with Crippen molar-refractivity contribution in [1.29, 1.82) is 0 Å². The molecule has 0 bridgehead atoms. The average Bonchev–Trinajstić information content (AvgIpc) is 2.49. The van der Waals surface area contributed by atoms with Crippen molar-refractivity contribution >= 4 is 17.9 Å². The van der Waals surface area contributed by atoms with Gasteiger partial charge in [0.15, 0.2) is 0 Å². The van der Waals surface area contributed by atoms with Crippen molar-refractivity contribution in [2.45, 2.75) is 27.7 Å². The van der Waals surface area contributed by atoms with E-state index in [0.29, 0.717) is 0 Å². The van der Waals surface area contributed by atoms with E-state index in [2.05, 4.69) is 0 Å². The second-order valence-corrected chi connectivity index (χ2v) is 6.02. The van der Waals surface area contributed by atoms with Gasteiger partial charge in [-0.15, -0.1) is 0 Å². The van der Waals surface area contributed by atoms with Crippen LogP contribution in [-0.2, 0) is 9.47 Å². The zero-order valence-electron chi connectivity index (χ0n) is 13.8. The van der Waals surface area contributed by atoms with Crippen molar-refractivity contribution in [3.8, 4) is 0 Å². The summed E-state index contributed by atoms with van der Waals surface area (Å²) in [6.07, 6.45) is 0. The lowest BCUT2D eigenvalue weighted by atomic mass is 10.0. The zero-order valence-corrected chi connectivity index (χ0v) is 13.8. The summed E-state index contributed by atoms with van der Waals surface area (Å²) in [6.45, 7) is 7.80. The first-order valence-electron chi connectivity index (χ1n) is 7.44. The Morgan fingerprint density at radius 1 is 0.913 bits per heavy atom. The molecule has 23 heavy (non-hydrogen) atoms. The SMILES string of the molecule is CC(C)COC(=O)c1cccc(C(=O)OCC(C)C)c1C(=O)O. The first-order valence-corrected chi connectivity index (χ1v) is 7.44. The Kier molecular flexibility index (Phi) is 6.75. The van der Waals surface area contributed by atoms with Crippen molar-refractivity contribution in [2.75, 3.05) is 13.2 Å². The highest BCUT2D eigenvalue weighted by Crippen LogP contribution is 2.18. The first kappa shape index (κ1) is 18.7. The number of carboxylic acids is 1. The molecule has 0 heterocycles. The fourth-order valence-electron chi connectivity index (χ4n) is 1.76. The lowest BCUT2D eigenvalue weighted by Gasteiger charge is -2.13. The minimum Gasteiger partial charge on any atom is -0.478 e. The molecule has 0 atom stereocenters. The minimum atomic E-state index is -1.38. The summed E-state index contributed by atoms with van der Waals surface area (Å²) >= 11 is 0. The van der Waals surface area contributed by atoms with E-state index in [1.165, 1.54) is 18.2 Å². The minimum absolute atomic E-state index is 0.117. The molecule has 0 spiro atoms. The van der Waals surface area contributed by atoms with Gasteiger partial charge in [0.2, 0.25) is 0 Å². The molecule has 1 aromatic rings. The molecule has 1 aromatic carbocycles. The zero-order chi connectivity index (χ0) is 17.6. The van der Waals surface area contributed by atoms with Gasteiger partial charge in [0, 0.05) is 0 Å². The van der Waals surface area contributed by atoms with Crippen molar-refractivity contribution in [3.63, 3.8) is 0 Å². The maximum Gasteiger partial charge on any atom is 0.339 e. The molecule has 0 saturated carbocycles. The highest BCUT2D eigenvalue weighted by molar-refractivity contribution is 6.09. The largest absolute Gasteiger partial charge is 0.478 e. The van der Waals surface area contributed by atoms with Crippen LogP contribution in [0.1, 0.15) is 58.8 Å². The molecule has 1 N–H and O–H groups in total. The molecule has 6 nitrogen and oxygen atoms in total. The predicted octanol–water partition coefficient (Wildman–Crippen LogP) is 3.01. The van der Waals surface area contributed by atoms with Gasteiger partial charge >= 0.3 is 17.9 Å². The van der Waals surface area contributed by atoms with E-state index in [9.17, 15) is 19.5 Å². The summed E-state index contributed by atoms with van der Waals surface area (Å²) in [6, 6.07) is 4.08. The van der Waals surface area contributed by atoms with Gasteiger partial charge in [0.25, 0.3) is 0 Å². The maximum atomic E-state index is 12.1. The molecular formula is C17H22O6. The number of hydrogen-bond donors (Lipinski definition) is 1. The second-order valence-electron chi connectivity index (χ2n) is 6.02. The molecule has 126 valence electrons. The molecule has 0 amide bonds. The number of rotatable bonds is 7. The van der Waals surface area contributed by atoms with Crippen LogP contribution in [0.5, 0.6) is 0 Å². The van der Waals surface area contributed by atoms with Gasteiger partial charge < -0.3 is 14.6 Å². The quantitative estimate of drug-likeness (QED) is 0.776. The highest BCUT2D eigenvalue weighted by atomic mass is 16.5. The van der Waals surface area contributed by atoms with Crippen LogP contribution in [0.3, 0.4) is 0 Å². The number of hydrogen-bond acceptors (Lipinski definition) is 5. The number of carboxylic acid groups (broad SMARTS) is 1. The molecule has 0 fully saturated rings. The van der Waals surface area contributed by atoms with Crippen LogP contribution >= 0.6 is 0 Å². The van der Waals surface area contributed by atoms with E-state index < -0.39 is 23.5 Å². The Morgan fingerprint density at radius 3 is 1.61 bits per heavy atom. The van der Waals surface area contributed by atoms with Gasteiger partial charge in [-0.05, 0) is 24.0 Å². The van der Waals surface area contributed by atoms with Gasteiger partial charge in [-0.25, -0.2) is 14.4 Å². The fraction of sp³-hybridized carbons (Fsp3) is 0.471. The molecular weight excluding hydrogens is 300 g/mol. The Labute approximate surface area is 135 Å². The molecule has 0 unspecified atom stereocenters. The summed E-state index contributed by atoms with van der Waals surface area (Å²) in [5.41, 5.74) is -0.704. The molecule has 0 aromatic heterocycles. The van der Waals surface area contributed by atoms with Crippen LogP contribution in [-0.4, -0.2) is 36.2 Å². The monoisotopic (exact) mass is 322 g/mol. The van der Waals surface area contributed by atoms with Crippen LogP contribution < -0.4 is 0 Å². The fourth-order valence-corrected chi connectivity index (χ4v) is 1.76. The third kappa shape index (κ3) is 5.39. The predicted molar refractivity (Wildman–Crippen MR) is 83.6 cm³/mol. The van der Waals surface area contributed by atoms with Gasteiger partial charge in [-0.1, -0.05) is 33.8 Å². The highest BCUT2D eigenvalue weighted by Gasteiger charge is 2.25. The Morgan fingerprint density at radius 2 is 1.30 bits per heavy atom. The molecule has 6 heteroatoms. The normalized spacial score (nSPS) is 10.7. The number of benzene rings is 1. The van der Waals surface area contributed by atoms with Gasteiger partial charge in [-0.3, -0.25) is 0 Å². The topological polar surface area (TPSA) is 89.9 Å². The number of esters is 2. The number of aromatic carboxylic acids is 1.